The lowest BCUT2D eigenvalue weighted by molar-refractivity contribution is -0.123. The average molecular weight is 327 g/mol. The molecule has 0 bridgehead atoms. The molecule has 2 aliphatic heterocycles. The zero-order valence-electron chi connectivity index (χ0n) is 13.9. The number of fused-ring (bicyclic) bond motifs is 1. The van der Waals surface area contributed by atoms with Crippen molar-refractivity contribution < 1.29 is 9.59 Å². The van der Waals surface area contributed by atoms with Crippen molar-refractivity contribution in [1.29, 1.82) is 0 Å². The summed E-state index contributed by atoms with van der Waals surface area (Å²) in [6.07, 6.45) is 8.23. The number of unbranched alkanes of at least 4 members (excludes halogenated alkanes) is 1. The average Bonchev–Trinajstić information content (AvgIpc) is 3.03. The van der Waals surface area contributed by atoms with Crippen LogP contribution >= 0.6 is 11.8 Å². The quantitative estimate of drug-likeness (QED) is 0.477. The standard InChI is InChI=1S/C17H30N2O2S/c1-3-7-12(8-4-2)14(20)9-5-6-10-15-16-13(11-22-15)18-17(21)19-16/h12-13,15-16H,3-11H2,1-2H3,(H2,18,19,21)/t13-,15-,16-/m0/s1. The smallest absolute Gasteiger partial charge is 0.315 e. The number of hydrogen-bond acceptors (Lipinski definition) is 3. The van der Waals surface area contributed by atoms with Crippen molar-refractivity contribution in [2.24, 2.45) is 5.92 Å². The normalized spacial score (nSPS) is 26.9. The first-order valence-electron chi connectivity index (χ1n) is 8.87. The first-order chi connectivity index (χ1) is 10.7. The van der Waals surface area contributed by atoms with E-state index in [0.29, 0.717) is 29.0 Å². The lowest BCUT2D eigenvalue weighted by atomic mass is 9.90. The Morgan fingerprint density at radius 3 is 2.64 bits per heavy atom. The lowest BCUT2D eigenvalue weighted by Gasteiger charge is -2.17. The number of urea groups is 1. The highest BCUT2D eigenvalue weighted by molar-refractivity contribution is 8.00. The van der Waals surface area contributed by atoms with Crippen molar-refractivity contribution in [3.63, 3.8) is 0 Å². The molecule has 0 spiro atoms. The van der Waals surface area contributed by atoms with Gasteiger partial charge in [-0.15, -0.1) is 0 Å². The number of amides is 2. The van der Waals surface area contributed by atoms with E-state index in [9.17, 15) is 9.59 Å². The molecular formula is C17H30N2O2S. The summed E-state index contributed by atoms with van der Waals surface area (Å²) in [6.45, 7) is 4.32. The van der Waals surface area contributed by atoms with Crippen LogP contribution in [0.2, 0.25) is 0 Å². The van der Waals surface area contributed by atoms with Crippen LogP contribution in [0.15, 0.2) is 0 Å². The number of thioether (sulfide) groups is 1. The number of rotatable bonds is 10. The van der Waals surface area contributed by atoms with Gasteiger partial charge in [-0.25, -0.2) is 4.79 Å². The van der Waals surface area contributed by atoms with Crippen LogP contribution in [-0.2, 0) is 4.79 Å². The molecule has 2 fully saturated rings. The van der Waals surface area contributed by atoms with Gasteiger partial charge in [0.25, 0.3) is 0 Å². The van der Waals surface area contributed by atoms with Crippen LogP contribution in [0.5, 0.6) is 0 Å². The second-order valence-corrected chi connectivity index (χ2v) is 7.88. The van der Waals surface area contributed by atoms with Gasteiger partial charge >= 0.3 is 6.03 Å². The van der Waals surface area contributed by atoms with Crippen molar-refractivity contribution in [2.45, 2.75) is 82.5 Å². The van der Waals surface area contributed by atoms with E-state index in [4.69, 9.17) is 0 Å². The molecule has 0 radical (unpaired) electrons. The summed E-state index contributed by atoms with van der Waals surface area (Å²) < 4.78 is 0. The monoisotopic (exact) mass is 326 g/mol. The molecule has 5 heteroatoms. The van der Waals surface area contributed by atoms with Gasteiger partial charge in [-0.05, 0) is 25.7 Å². The molecule has 3 atom stereocenters. The minimum absolute atomic E-state index is 0.0162. The second-order valence-electron chi connectivity index (χ2n) is 6.61. The van der Waals surface area contributed by atoms with E-state index in [2.05, 4.69) is 24.5 Å². The molecule has 2 heterocycles. The number of hydrogen-bond donors (Lipinski definition) is 2. The van der Waals surface area contributed by atoms with Crippen LogP contribution in [-0.4, -0.2) is 34.9 Å². The third-order valence-corrected chi connectivity index (χ3v) is 6.34. The molecule has 2 rings (SSSR count). The zero-order valence-corrected chi connectivity index (χ0v) is 14.7. The summed E-state index contributed by atoms with van der Waals surface area (Å²) in [7, 11) is 0. The van der Waals surface area contributed by atoms with Gasteiger partial charge in [-0.3, -0.25) is 4.79 Å². The molecule has 2 aliphatic rings. The third kappa shape index (κ3) is 4.64. The predicted octanol–water partition coefficient (Wildman–Crippen LogP) is 3.50. The zero-order chi connectivity index (χ0) is 15.9. The highest BCUT2D eigenvalue weighted by Gasteiger charge is 2.42. The van der Waals surface area contributed by atoms with Gasteiger partial charge in [-0.1, -0.05) is 33.1 Å². The maximum atomic E-state index is 12.3. The Balaban J connectivity index is 1.64. The van der Waals surface area contributed by atoms with Gasteiger partial charge in [-0.2, -0.15) is 11.8 Å². The Morgan fingerprint density at radius 2 is 1.95 bits per heavy atom. The van der Waals surface area contributed by atoms with Crippen LogP contribution in [0.25, 0.3) is 0 Å². The molecule has 0 unspecified atom stereocenters. The van der Waals surface area contributed by atoms with Crippen LogP contribution in [0.3, 0.4) is 0 Å². The van der Waals surface area contributed by atoms with E-state index in [1.807, 2.05) is 11.8 Å². The van der Waals surface area contributed by atoms with Gasteiger partial charge < -0.3 is 10.6 Å². The molecule has 0 aromatic rings. The first kappa shape index (κ1) is 17.6. The van der Waals surface area contributed by atoms with Gasteiger partial charge in [0, 0.05) is 23.3 Å². The van der Waals surface area contributed by atoms with E-state index in [0.717, 1.165) is 57.1 Å². The lowest BCUT2D eigenvalue weighted by Crippen LogP contribution is -2.36. The second kappa shape index (κ2) is 8.80. The molecule has 0 aromatic carbocycles. The van der Waals surface area contributed by atoms with Gasteiger partial charge in [0.15, 0.2) is 0 Å². The largest absolute Gasteiger partial charge is 0.332 e. The third-order valence-electron chi connectivity index (χ3n) is 4.83. The Kier molecular flexibility index (Phi) is 7.06. The fourth-order valence-corrected chi connectivity index (χ4v) is 5.20. The first-order valence-corrected chi connectivity index (χ1v) is 9.91. The van der Waals surface area contributed by atoms with Gasteiger partial charge in [0.05, 0.1) is 12.1 Å². The highest BCUT2D eigenvalue weighted by atomic mass is 32.2. The molecule has 0 aliphatic carbocycles. The fourth-order valence-electron chi connectivity index (χ4n) is 3.66. The van der Waals surface area contributed by atoms with Crippen molar-refractivity contribution in [1.82, 2.24) is 10.6 Å². The van der Waals surface area contributed by atoms with E-state index in [-0.39, 0.29) is 6.03 Å². The molecule has 0 aromatic heterocycles. The Labute approximate surface area is 138 Å². The Morgan fingerprint density at radius 1 is 1.23 bits per heavy atom. The topological polar surface area (TPSA) is 58.2 Å². The number of Topliss-reactive ketones (excluding diaryl/α,β-unsaturated/α-hetero) is 1. The number of ketones is 1. The van der Waals surface area contributed by atoms with E-state index in [1.165, 1.54) is 0 Å². The Bertz CT molecular complexity index is 383. The summed E-state index contributed by atoms with van der Waals surface area (Å²) >= 11 is 1.96. The molecule has 2 amide bonds. The number of carbonyl (C=O) groups excluding carboxylic acids is 2. The number of nitrogens with one attached hydrogen (secondary N) is 2. The van der Waals surface area contributed by atoms with Crippen LogP contribution in [0, 0.1) is 5.92 Å². The predicted molar refractivity (Wildman–Crippen MR) is 92.3 cm³/mol. The van der Waals surface area contributed by atoms with E-state index in [1.54, 1.807) is 0 Å². The minimum Gasteiger partial charge on any atom is -0.332 e. The van der Waals surface area contributed by atoms with Crippen LogP contribution in [0.4, 0.5) is 4.79 Å². The summed E-state index contributed by atoms with van der Waals surface area (Å²) in [5, 5.41) is 6.52. The molecule has 2 saturated heterocycles. The van der Waals surface area contributed by atoms with Gasteiger partial charge in [0.2, 0.25) is 0 Å². The van der Waals surface area contributed by atoms with Crippen molar-refractivity contribution >= 4 is 23.6 Å². The summed E-state index contributed by atoms with van der Waals surface area (Å²) in [4.78, 5) is 23.6. The fraction of sp³-hybridized carbons (Fsp3) is 0.882. The van der Waals surface area contributed by atoms with Crippen molar-refractivity contribution in [3.05, 3.63) is 0 Å². The summed E-state index contributed by atoms with van der Waals surface area (Å²) in [6, 6.07) is 0.584. The SMILES string of the molecule is CCCC(CCC)C(=O)CCCC[C@@H]1SC[C@@H]2NC(=O)N[C@@H]21. The van der Waals surface area contributed by atoms with Gasteiger partial charge in [0.1, 0.15) is 5.78 Å². The van der Waals surface area contributed by atoms with Crippen LogP contribution < -0.4 is 10.6 Å². The number of carbonyl (C=O) groups is 2. The summed E-state index contributed by atoms with van der Waals surface area (Å²) in [5.41, 5.74) is 0. The summed E-state index contributed by atoms with van der Waals surface area (Å²) in [5.74, 6) is 1.78. The van der Waals surface area contributed by atoms with Crippen molar-refractivity contribution in [3.8, 4) is 0 Å². The van der Waals surface area contributed by atoms with E-state index < -0.39 is 0 Å². The minimum atomic E-state index is -0.0162. The van der Waals surface area contributed by atoms with Crippen molar-refractivity contribution in [2.75, 3.05) is 5.75 Å². The molecular weight excluding hydrogens is 296 g/mol. The molecule has 22 heavy (non-hydrogen) atoms. The molecule has 0 saturated carbocycles. The highest BCUT2D eigenvalue weighted by Crippen LogP contribution is 2.33. The maximum absolute atomic E-state index is 12.3. The molecule has 126 valence electrons. The van der Waals surface area contributed by atoms with Crippen LogP contribution in [0.1, 0.15) is 65.2 Å². The molecule has 4 nitrogen and oxygen atoms in total. The molecule has 2 N–H and O–H groups in total. The Hall–Kier alpha value is -0.710. The maximum Gasteiger partial charge on any atom is 0.315 e. The van der Waals surface area contributed by atoms with E-state index >= 15 is 0 Å².